The van der Waals surface area contributed by atoms with Crippen LogP contribution in [0.2, 0.25) is 0 Å². The lowest BCUT2D eigenvalue weighted by atomic mass is 9.99. The highest BCUT2D eigenvalue weighted by atomic mass is 32.1. The Morgan fingerprint density at radius 1 is 1.23 bits per heavy atom. The smallest absolute Gasteiger partial charge is 0.274 e. The van der Waals surface area contributed by atoms with Crippen LogP contribution >= 0.6 is 11.3 Å². The number of aromatic nitrogens is 1. The predicted octanol–water partition coefficient (Wildman–Crippen LogP) is 2.88. The van der Waals surface area contributed by atoms with Crippen LogP contribution in [0.1, 0.15) is 44.7 Å². The zero-order valence-corrected chi connectivity index (χ0v) is 16.1. The number of carbonyl (C=O) groups is 2. The van der Waals surface area contributed by atoms with Gasteiger partial charge in [0.15, 0.2) is 0 Å². The highest BCUT2D eigenvalue weighted by Gasteiger charge is 2.23. The maximum absolute atomic E-state index is 12.8. The molecule has 26 heavy (non-hydrogen) atoms. The fourth-order valence-electron chi connectivity index (χ4n) is 3.05. The van der Waals surface area contributed by atoms with Crippen LogP contribution in [0.25, 0.3) is 0 Å². The van der Waals surface area contributed by atoms with E-state index in [-0.39, 0.29) is 23.1 Å². The standard InChI is InChI=1S/C19H23N3O3S/c1-12-6-8-22(9-7-12)18(24)14-10-15(19(25)21(3)11-14)20-17(23)16-5-4-13(2)26-16/h4-5,10-12H,6-9H2,1-3H3,(H,20,23). The average molecular weight is 373 g/mol. The molecule has 0 atom stereocenters. The minimum atomic E-state index is -0.338. The fraction of sp³-hybridized carbons (Fsp3) is 0.421. The van der Waals surface area contributed by atoms with Crippen LogP contribution in [0.5, 0.6) is 0 Å². The van der Waals surface area contributed by atoms with Crippen molar-refractivity contribution < 1.29 is 9.59 Å². The van der Waals surface area contributed by atoms with Crippen molar-refractivity contribution in [3.8, 4) is 0 Å². The zero-order chi connectivity index (χ0) is 18.8. The molecule has 0 spiro atoms. The Bertz CT molecular complexity index is 892. The fourth-order valence-corrected chi connectivity index (χ4v) is 3.82. The number of pyridine rings is 1. The number of likely N-dealkylation sites (tertiary alicyclic amines) is 1. The second-order valence-electron chi connectivity index (χ2n) is 6.90. The Kier molecular flexibility index (Phi) is 5.27. The number of piperidine rings is 1. The maximum Gasteiger partial charge on any atom is 0.274 e. The highest BCUT2D eigenvalue weighted by molar-refractivity contribution is 7.14. The van der Waals surface area contributed by atoms with Crippen LogP contribution < -0.4 is 10.9 Å². The van der Waals surface area contributed by atoms with Gasteiger partial charge in [-0.1, -0.05) is 6.92 Å². The Hall–Kier alpha value is -2.41. The number of aryl methyl sites for hydroxylation is 2. The summed E-state index contributed by atoms with van der Waals surface area (Å²) in [6.07, 6.45) is 3.51. The van der Waals surface area contributed by atoms with Crippen LogP contribution in [-0.2, 0) is 7.05 Å². The monoisotopic (exact) mass is 373 g/mol. The topological polar surface area (TPSA) is 71.4 Å². The molecule has 6 nitrogen and oxygen atoms in total. The van der Waals surface area contributed by atoms with Gasteiger partial charge in [0, 0.05) is 31.2 Å². The number of nitrogens with one attached hydrogen (secondary N) is 1. The Labute approximate surface area is 156 Å². The first-order valence-corrected chi connectivity index (χ1v) is 9.54. The maximum atomic E-state index is 12.8. The molecule has 0 aromatic carbocycles. The van der Waals surface area contributed by atoms with Gasteiger partial charge in [-0.15, -0.1) is 11.3 Å². The summed E-state index contributed by atoms with van der Waals surface area (Å²) in [5.41, 5.74) is 0.203. The molecule has 2 amide bonds. The number of amides is 2. The number of carbonyl (C=O) groups excluding carboxylic acids is 2. The summed E-state index contributed by atoms with van der Waals surface area (Å²) in [6, 6.07) is 5.07. The lowest BCUT2D eigenvalue weighted by Crippen LogP contribution is -2.38. The third-order valence-corrected chi connectivity index (χ3v) is 5.71. The van der Waals surface area contributed by atoms with Crippen molar-refractivity contribution >= 4 is 28.8 Å². The van der Waals surface area contributed by atoms with Gasteiger partial charge in [0.25, 0.3) is 17.4 Å². The second-order valence-corrected chi connectivity index (χ2v) is 8.19. The third kappa shape index (κ3) is 3.88. The molecule has 3 rings (SSSR count). The van der Waals surface area contributed by atoms with Crippen LogP contribution in [-0.4, -0.2) is 34.4 Å². The predicted molar refractivity (Wildman–Crippen MR) is 103 cm³/mol. The van der Waals surface area contributed by atoms with Gasteiger partial charge in [-0.3, -0.25) is 14.4 Å². The van der Waals surface area contributed by atoms with E-state index in [0.29, 0.717) is 16.4 Å². The van der Waals surface area contributed by atoms with E-state index in [1.54, 1.807) is 13.1 Å². The van der Waals surface area contributed by atoms with E-state index in [4.69, 9.17) is 0 Å². The average Bonchev–Trinajstić information content (AvgIpc) is 3.05. The molecule has 1 saturated heterocycles. The molecule has 0 saturated carbocycles. The van der Waals surface area contributed by atoms with Crippen molar-refractivity contribution in [1.29, 1.82) is 0 Å². The molecule has 1 fully saturated rings. The van der Waals surface area contributed by atoms with Crippen molar-refractivity contribution in [1.82, 2.24) is 9.47 Å². The van der Waals surface area contributed by atoms with Crippen molar-refractivity contribution in [3.63, 3.8) is 0 Å². The van der Waals surface area contributed by atoms with Gasteiger partial charge in [0.1, 0.15) is 5.69 Å². The number of hydrogen-bond donors (Lipinski definition) is 1. The van der Waals surface area contributed by atoms with E-state index in [1.807, 2.05) is 17.9 Å². The molecule has 0 bridgehead atoms. The number of anilines is 1. The molecule has 7 heteroatoms. The second kappa shape index (κ2) is 7.45. The van der Waals surface area contributed by atoms with Gasteiger partial charge >= 0.3 is 0 Å². The number of nitrogens with zero attached hydrogens (tertiary/aromatic N) is 2. The van der Waals surface area contributed by atoms with Crippen LogP contribution in [0.15, 0.2) is 29.2 Å². The molecule has 0 radical (unpaired) electrons. The quantitative estimate of drug-likeness (QED) is 0.899. The van der Waals surface area contributed by atoms with E-state index >= 15 is 0 Å². The summed E-state index contributed by atoms with van der Waals surface area (Å²) in [4.78, 5) is 40.9. The lowest BCUT2D eigenvalue weighted by Gasteiger charge is -2.30. The number of hydrogen-bond acceptors (Lipinski definition) is 4. The number of thiophene rings is 1. The summed E-state index contributed by atoms with van der Waals surface area (Å²) >= 11 is 1.36. The van der Waals surface area contributed by atoms with Gasteiger partial charge in [0.05, 0.1) is 10.4 Å². The van der Waals surface area contributed by atoms with Crippen molar-refractivity contribution in [2.75, 3.05) is 18.4 Å². The Balaban J connectivity index is 1.84. The minimum absolute atomic E-state index is 0.102. The summed E-state index contributed by atoms with van der Waals surface area (Å²) in [7, 11) is 1.59. The van der Waals surface area contributed by atoms with Crippen molar-refractivity contribution in [2.24, 2.45) is 13.0 Å². The molecule has 1 N–H and O–H groups in total. The largest absolute Gasteiger partial charge is 0.339 e. The van der Waals surface area contributed by atoms with Crippen molar-refractivity contribution in [3.05, 3.63) is 50.1 Å². The normalized spacial score (nSPS) is 15.1. The lowest BCUT2D eigenvalue weighted by molar-refractivity contribution is 0.0696. The summed E-state index contributed by atoms with van der Waals surface area (Å²) in [5.74, 6) is 0.190. The Morgan fingerprint density at radius 3 is 2.54 bits per heavy atom. The molecular formula is C19H23N3O3S. The van der Waals surface area contributed by atoms with E-state index < -0.39 is 0 Å². The summed E-state index contributed by atoms with van der Waals surface area (Å²) < 4.78 is 1.34. The Morgan fingerprint density at radius 2 is 1.92 bits per heavy atom. The number of rotatable bonds is 3. The molecule has 138 valence electrons. The minimum Gasteiger partial charge on any atom is -0.339 e. The summed E-state index contributed by atoms with van der Waals surface area (Å²) in [5, 5.41) is 2.65. The van der Waals surface area contributed by atoms with Crippen LogP contribution in [0, 0.1) is 12.8 Å². The molecule has 3 heterocycles. The molecule has 0 aliphatic carbocycles. The van der Waals surface area contributed by atoms with Crippen molar-refractivity contribution in [2.45, 2.75) is 26.7 Å². The molecule has 1 aliphatic rings. The van der Waals surface area contributed by atoms with Gasteiger partial charge in [-0.2, -0.15) is 0 Å². The zero-order valence-electron chi connectivity index (χ0n) is 15.2. The first kappa shape index (κ1) is 18.4. The highest BCUT2D eigenvalue weighted by Crippen LogP contribution is 2.20. The summed E-state index contributed by atoms with van der Waals surface area (Å²) in [6.45, 7) is 5.55. The van der Waals surface area contributed by atoms with Gasteiger partial charge < -0.3 is 14.8 Å². The van der Waals surface area contributed by atoms with E-state index in [9.17, 15) is 14.4 Å². The van der Waals surface area contributed by atoms with Crippen LogP contribution in [0.4, 0.5) is 5.69 Å². The van der Waals surface area contributed by atoms with Gasteiger partial charge in [-0.25, -0.2) is 0 Å². The first-order valence-electron chi connectivity index (χ1n) is 8.73. The first-order chi connectivity index (χ1) is 12.3. The van der Waals surface area contributed by atoms with E-state index in [0.717, 1.165) is 30.8 Å². The van der Waals surface area contributed by atoms with Gasteiger partial charge in [0.2, 0.25) is 0 Å². The molecule has 2 aromatic heterocycles. The van der Waals surface area contributed by atoms with E-state index in [2.05, 4.69) is 12.2 Å². The molecular weight excluding hydrogens is 350 g/mol. The SMILES string of the molecule is Cc1ccc(C(=O)Nc2cc(C(=O)N3CCC(C)CC3)cn(C)c2=O)s1. The third-order valence-electron chi connectivity index (χ3n) is 4.71. The van der Waals surface area contributed by atoms with Crippen LogP contribution in [0.3, 0.4) is 0 Å². The molecule has 1 aliphatic heterocycles. The molecule has 0 unspecified atom stereocenters. The molecule has 2 aromatic rings. The van der Waals surface area contributed by atoms with Gasteiger partial charge in [-0.05, 0) is 43.9 Å². The van der Waals surface area contributed by atoms with E-state index in [1.165, 1.54) is 28.2 Å².